The van der Waals surface area contributed by atoms with Crippen molar-refractivity contribution in [3.63, 3.8) is 0 Å². The lowest BCUT2D eigenvalue weighted by atomic mass is 10.2. The molecular weight excluding hydrogens is 288 g/mol. The highest BCUT2D eigenvalue weighted by Gasteiger charge is 2.21. The van der Waals surface area contributed by atoms with Crippen LogP contribution in [0.2, 0.25) is 0 Å². The molecule has 0 saturated heterocycles. The molecule has 0 atom stereocenters. The van der Waals surface area contributed by atoms with E-state index in [0.29, 0.717) is 11.3 Å². The monoisotopic (exact) mass is 308 g/mol. The molecule has 4 heteroatoms. The van der Waals surface area contributed by atoms with Gasteiger partial charge in [0.1, 0.15) is 5.58 Å². The molecule has 0 saturated carbocycles. The van der Waals surface area contributed by atoms with Crippen molar-refractivity contribution in [3.05, 3.63) is 59.9 Å². The Balaban J connectivity index is 1.99. The van der Waals surface area contributed by atoms with E-state index in [2.05, 4.69) is 10.6 Å². The van der Waals surface area contributed by atoms with Crippen LogP contribution >= 0.6 is 0 Å². The number of furan rings is 1. The average molecular weight is 308 g/mol. The summed E-state index contributed by atoms with van der Waals surface area (Å²) in [6.45, 7) is 6.05. The lowest BCUT2D eigenvalue weighted by Crippen LogP contribution is -2.16. The van der Waals surface area contributed by atoms with E-state index in [1.54, 1.807) is 0 Å². The zero-order chi connectivity index (χ0) is 16.4. The minimum Gasteiger partial charge on any atom is -0.449 e. The molecule has 0 aliphatic rings. The summed E-state index contributed by atoms with van der Waals surface area (Å²) in [5, 5.41) is 7.13. The Labute approximate surface area is 135 Å². The van der Waals surface area contributed by atoms with Gasteiger partial charge in [0.2, 0.25) is 5.76 Å². The van der Waals surface area contributed by atoms with Crippen LogP contribution in [0.5, 0.6) is 0 Å². The van der Waals surface area contributed by atoms with Crippen molar-refractivity contribution in [3.8, 4) is 0 Å². The molecule has 0 unspecified atom stereocenters. The van der Waals surface area contributed by atoms with Crippen molar-refractivity contribution < 1.29 is 9.21 Å². The number of rotatable bonds is 4. The average Bonchev–Trinajstić information content (AvgIpc) is 2.86. The van der Waals surface area contributed by atoms with E-state index in [9.17, 15) is 4.79 Å². The van der Waals surface area contributed by atoms with E-state index in [1.807, 2.05) is 69.3 Å². The van der Waals surface area contributed by atoms with Gasteiger partial charge < -0.3 is 15.1 Å². The Hall–Kier alpha value is -2.75. The van der Waals surface area contributed by atoms with Gasteiger partial charge in [0.05, 0.1) is 5.69 Å². The summed E-state index contributed by atoms with van der Waals surface area (Å²) in [5.41, 5.74) is 3.28. The number of anilines is 2. The molecule has 3 aromatic rings. The van der Waals surface area contributed by atoms with Crippen molar-refractivity contribution in [2.24, 2.45) is 0 Å². The first-order valence-electron chi connectivity index (χ1n) is 7.70. The maximum absolute atomic E-state index is 12.7. The van der Waals surface area contributed by atoms with E-state index >= 15 is 0 Å². The van der Waals surface area contributed by atoms with Crippen molar-refractivity contribution in [1.29, 1.82) is 0 Å². The first-order valence-corrected chi connectivity index (χ1v) is 7.70. The first kappa shape index (κ1) is 15.2. The molecule has 0 spiro atoms. The number of hydrogen-bond acceptors (Lipinski definition) is 3. The van der Waals surface area contributed by atoms with Crippen LogP contribution in [0.15, 0.2) is 52.9 Å². The Kier molecular flexibility index (Phi) is 4.06. The molecule has 0 radical (unpaired) electrons. The van der Waals surface area contributed by atoms with Crippen LogP contribution in [0.3, 0.4) is 0 Å². The van der Waals surface area contributed by atoms with Gasteiger partial charge in [-0.2, -0.15) is 0 Å². The van der Waals surface area contributed by atoms with Gasteiger partial charge in [0.25, 0.3) is 5.91 Å². The van der Waals surface area contributed by atoms with E-state index in [1.165, 1.54) is 0 Å². The molecule has 4 nitrogen and oxygen atoms in total. The molecule has 1 aromatic heterocycles. The van der Waals surface area contributed by atoms with Crippen LogP contribution < -0.4 is 10.6 Å². The predicted molar refractivity (Wildman–Crippen MR) is 94.1 cm³/mol. The largest absolute Gasteiger partial charge is 0.449 e. The van der Waals surface area contributed by atoms with Gasteiger partial charge in [-0.1, -0.05) is 24.3 Å². The minimum atomic E-state index is -0.255. The molecule has 2 N–H and O–H groups in total. The number of carbonyl (C=O) groups is 1. The molecule has 23 heavy (non-hydrogen) atoms. The predicted octanol–water partition coefficient (Wildman–Crippen LogP) is 4.81. The van der Waals surface area contributed by atoms with Gasteiger partial charge in [-0.3, -0.25) is 4.79 Å². The number of fused-ring (bicyclic) bond motifs is 1. The van der Waals surface area contributed by atoms with Gasteiger partial charge in [-0.25, -0.2) is 0 Å². The fourth-order valence-electron chi connectivity index (χ4n) is 2.55. The Morgan fingerprint density at radius 3 is 2.61 bits per heavy atom. The summed E-state index contributed by atoms with van der Waals surface area (Å²) in [5.74, 6) is 0.0522. The maximum Gasteiger partial charge on any atom is 0.293 e. The van der Waals surface area contributed by atoms with E-state index in [-0.39, 0.29) is 11.9 Å². The second-order valence-electron chi connectivity index (χ2n) is 5.92. The van der Waals surface area contributed by atoms with E-state index in [0.717, 1.165) is 22.3 Å². The van der Waals surface area contributed by atoms with Crippen LogP contribution in [-0.4, -0.2) is 11.9 Å². The Morgan fingerprint density at radius 1 is 1.09 bits per heavy atom. The lowest BCUT2D eigenvalue weighted by Gasteiger charge is -2.11. The van der Waals surface area contributed by atoms with Crippen LogP contribution in [0, 0.1) is 6.92 Å². The molecule has 0 fully saturated rings. The number of aryl methyl sites for hydroxylation is 1. The summed E-state index contributed by atoms with van der Waals surface area (Å²) in [6, 6.07) is 15.5. The fraction of sp³-hybridized carbons (Fsp3) is 0.211. The van der Waals surface area contributed by atoms with Crippen molar-refractivity contribution in [2.75, 3.05) is 10.6 Å². The standard InChI is InChI=1S/C19H20N2O2/c1-12(2)20-17-15-9-4-5-10-16(15)23-18(17)19(22)21-14-8-6-7-13(3)11-14/h4-12,20H,1-3H3,(H,21,22). The number of amides is 1. The van der Waals surface area contributed by atoms with Gasteiger partial charge >= 0.3 is 0 Å². The minimum absolute atomic E-state index is 0.196. The summed E-state index contributed by atoms with van der Waals surface area (Å²) in [4.78, 5) is 12.7. The van der Waals surface area contributed by atoms with Crippen molar-refractivity contribution in [2.45, 2.75) is 26.8 Å². The number of benzene rings is 2. The van der Waals surface area contributed by atoms with Crippen LogP contribution in [0.25, 0.3) is 11.0 Å². The zero-order valence-corrected chi connectivity index (χ0v) is 13.5. The molecule has 118 valence electrons. The third-order valence-electron chi connectivity index (χ3n) is 3.51. The fourth-order valence-corrected chi connectivity index (χ4v) is 2.55. The smallest absolute Gasteiger partial charge is 0.293 e. The molecule has 1 amide bonds. The molecule has 3 rings (SSSR count). The number of para-hydroxylation sites is 1. The highest BCUT2D eigenvalue weighted by Crippen LogP contribution is 2.32. The molecule has 2 aromatic carbocycles. The highest BCUT2D eigenvalue weighted by atomic mass is 16.3. The third kappa shape index (κ3) is 3.21. The Morgan fingerprint density at radius 2 is 1.87 bits per heavy atom. The summed E-state index contributed by atoms with van der Waals surface area (Å²) >= 11 is 0. The first-order chi connectivity index (χ1) is 11.0. The van der Waals surface area contributed by atoms with Gasteiger partial charge in [0, 0.05) is 17.1 Å². The van der Waals surface area contributed by atoms with Gasteiger partial charge in [-0.05, 0) is 50.6 Å². The summed E-state index contributed by atoms with van der Waals surface area (Å²) < 4.78 is 5.79. The summed E-state index contributed by atoms with van der Waals surface area (Å²) in [7, 11) is 0. The zero-order valence-electron chi connectivity index (χ0n) is 13.5. The van der Waals surface area contributed by atoms with Gasteiger partial charge in [-0.15, -0.1) is 0 Å². The highest BCUT2D eigenvalue weighted by molar-refractivity contribution is 6.11. The number of nitrogens with one attached hydrogen (secondary N) is 2. The Bertz CT molecular complexity index is 849. The van der Waals surface area contributed by atoms with Crippen molar-refractivity contribution >= 4 is 28.3 Å². The van der Waals surface area contributed by atoms with Crippen LogP contribution in [-0.2, 0) is 0 Å². The van der Waals surface area contributed by atoms with Crippen LogP contribution in [0.4, 0.5) is 11.4 Å². The quantitative estimate of drug-likeness (QED) is 0.727. The molecule has 0 aliphatic carbocycles. The third-order valence-corrected chi connectivity index (χ3v) is 3.51. The molecule has 0 aliphatic heterocycles. The topological polar surface area (TPSA) is 54.3 Å². The molecular formula is C19H20N2O2. The van der Waals surface area contributed by atoms with Crippen LogP contribution in [0.1, 0.15) is 30.0 Å². The van der Waals surface area contributed by atoms with Crippen molar-refractivity contribution in [1.82, 2.24) is 0 Å². The second-order valence-corrected chi connectivity index (χ2v) is 5.92. The van der Waals surface area contributed by atoms with Gasteiger partial charge in [0.15, 0.2) is 0 Å². The SMILES string of the molecule is Cc1cccc(NC(=O)c2oc3ccccc3c2NC(C)C)c1. The van der Waals surface area contributed by atoms with E-state index < -0.39 is 0 Å². The normalized spacial score (nSPS) is 11.0. The molecule has 0 bridgehead atoms. The number of hydrogen-bond donors (Lipinski definition) is 2. The molecule has 1 heterocycles. The second kappa shape index (κ2) is 6.16. The summed E-state index contributed by atoms with van der Waals surface area (Å²) in [6.07, 6.45) is 0. The maximum atomic E-state index is 12.7. The number of carbonyl (C=O) groups excluding carboxylic acids is 1. The van der Waals surface area contributed by atoms with E-state index in [4.69, 9.17) is 4.42 Å². The lowest BCUT2D eigenvalue weighted by molar-refractivity contribution is 0.0999.